The van der Waals surface area contributed by atoms with Crippen molar-refractivity contribution in [3.63, 3.8) is 0 Å². The van der Waals surface area contributed by atoms with Crippen LogP contribution in [0.15, 0.2) is 12.2 Å². The van der Waals surface area contributed by atoms with Gasteiger partial charge in [-0.15, -0.1) is 0 Å². The first kappa shape index (κ1) is 9.79. The molecule has 1 aliphatic carbocycles. The molecule has 0 heterocycles. The lowest BCUT2D eigenvalue weighted by atomic mass is 9.78. The van der Waals surface area contributed by atoms with E-state index in [0.29, 0.717) is 12.0 Å². The Morgan fingerprint density at radius 2 is 2.08 bits per heavy atom. The SMILES string of the molecule is C=C(C)[C@@H]1CC[C@H](C)[C@H](OC)C1. The fourth-order valence-corrected chi connectivity index (χ4v) is 2.06. The van der Waals surface area contributed by atoms with Gasteiger partial charge < -0.3 is 4.74 Å². The van der Waals surface area contributed by atoms with Crippen LogP contribution in [0.25, 0.3) is 0 Å². The minimum Gasteiger partial charge on any atom is -0.381 e. The Morgan fingerprint density at radius 3 is 2.58 bits per heavy atom. The first-order chi connectivity index (χ1) is 5.65. The molecule has 3 atom stereocenters. The van der Waals surface area contributed by atoms with Crippen molar-refractivity contribution >= 4 is 0 Å². The summed E-state index contributed by atoms with van der Waals surface area (Å²) in [4.78, 5) is 0. The van der Waals surface area contributed by atoms with Crippen LogP contribution < -0.4 is 0 Å². The highest BCUT2D eigenvalue weighted by atomic mass is 16.5. The summed E-state index contributed by atoms with van der Waals surface area (Å²) < 4.78 is 5.44. The van der Waals surface area contributed by atoms with Crippen molar-refractivity contribution in [3.8, 4) is 0 Å². The summed E-state index contributed by atoms with van der Waals surface area (Å²) >= 11 is 0. The average Bonchev–Trinajstić information content (AvgIpc) is 2.05. The van der Waals surface area contributed by atoms with Gasteiger partial charge in [0.25, 0.3) is 0 Å². The van der Waals surface area contributed by atoms with Crippen LogP contribution in [0.3, 0.4) is 0 Å². The number of methoxy groups -OCH3 is 1. The highest BCUT2D eigenvalue weighted by Gasteiger charge is 2.27. The van der Waals surface area contributed by atoms with Gasteiger partial charge in [0.2, 0.25) is 0 Å². The molecule has 0 spiro atoms. The summed E-state index contributed by atoms with van der Waals surface area (Å²) in [5, 5.41) is 0. The van der Waals surface area contributed by atoms with E-state index in [-0.39, 0.29) is 0 Å². The lowest BCUT2D eigenvalue weighted by Gasteiger charge is -2.33. The van der Waals surface area contributed by atoms with Crippen molar-refractivity contribution in [1.29, 1.82) is 0 Å². The zero-order chi connectivity index (χ0) is 9.14. The Morgan fingerprint density at radius 1 is 1.42 bits per heavy atom. The molecule has 0 aromatic carbocycles. The minimum atomic E-state index is 0.459. The molecule has 70 valence electrons. The Kier molecular flexibility index (Phi) is 3.33. The van der Waals surface area contributed by atoms with E-state index in [9.17, 15) is 0 Å². The number of allylic oxidation sites excluding steroid dienone is 1. The summed E-state index contributed by atoms with van der Waals surface area (Å²) in [5.74, 6) is 1.43. The standard InChI is InChI=1S/C11H20O/c1-8(2)10-6-5-9(3)11(7-10)12-4/h9-11H,1,5-7H2,2-4H3/t9-,10+,11+/m0/s1. The summed E-state index contributed by atoms with van der Waals surface area (Å²) in [7, 11) is 1.82. The van der Waals surface area contributed by atoms with Crippen molar-refractivity contribution in [2.24, 2.45) is 11.8 Å². The molecule has 1 heteroatoms. The molecule has 12 heavy (non-hydrogen) atoms. The van der Waals surface area contributed by atoms with Crippen LogP contribution in [-0.4, -0.2) is 13.2 Å². The second-order valence-corrected chi connectivity index (χ2v) is 4.11. The minimum absolute atomic E-state index is 0.459. The molecule has 0 bridgehead atoms. The van der Waals surface area contributed by atoms with E-state index in [1.165, 1.54) is 24.8 Å². The topological polar surface area (TPSA) is 9.23 Å². The van der Waals surface area contributed by atoms with Crippen LogP contribution in [0.2, 0.25) is 0 Å². The van der Waals surface area contributed by atoms with Gasteiger partial charge in [-0.2, -0.15) is 0 Å². The first-order valence-corrected chi connectivity index (χ1v) is 4.83. The molecule has 1 saturated carbocycles. The monoisotopic (exact) mass is 168 g/mol. The van der Waals surface area contributed by atoms with Crippen molar-refractivity contribution in [1.82, 2.24) is 0 Å². The molecule has 0 aromatic heterocycles. The van der Waals surface area contributed by atoms with E-state index in [0.717, 1.165) is 5.92 Å². The third kappa shape index (κ3) is 2.10. The molecule has 0 unspecified atom stereocenters. The molecule has 0 saturated heterocycles. The fraction of sp³-hybridized carbons (Fsp3) is 0.818. The van der Waals surface area contributed by atoms with Crippen LogP contribution in [0.5, 0.6) is 0 Å². The summed E-state index contributed by atoms with van der Waals surface area (Å²) in [6, 6.07) is 0. The van der Waals surface area contributed by atoms with Gasteiger partial charge in [0.05, 0.1) is 6.10 Å². The van der Waals surface area contributed by atoms with Crippen LogP contribution in [0.4, 0.5) is 0 Å². The predicted molar refractivity (Wildman–Crippen MR) is 52.1 cm³/mol. The van der Waals surface area contributed by atoms with Crippen LogP contribution in [-0.2, 0) is 4.74 Å². The molecule has 0 radical (unpaired) electrons. The Labute approximate surface area is 75.8 Å². The Hall–Kier alpha value is -0.300. The van der Waals surface area contributed by atoms with E-state index >= 15 is 0 Å². The van der Waals surface area contributed by atoms with E-state index in [4.69, 9.17) is 4.74 Å². The van der Waals surface area contributed by atoms with Gasteiger partial charge in [0.15, 0.2) is 0 Å². The maximum Gasteiger partial charge on any atom is 0.0602 e. The zero-order valence-electron chi connectivity index (χ0n) is 8.47. The lowest BCUT2D eigenvalue weighted by Crippen LogP contribution is -2.29. The maximum absolute atomic E-state index is 5.44. The van der Waals surface area contributed by atoms with Crippen molar-refractivity contribution in [2.75, 3.05) is 7.11 Å². The van der Waals surface area contributed by atoms with Crippen LogP contribution in [0.1, 0.15) is 33.1 Å². The molecule has 0 amide bonds. The quantitative estimate of drug-likeness (QED) is 0.576. The number of ether oxygens (including phenoxy) is 1. The lowest BCUT2D eigenvalue weighted by molar-refractivity contribution is 0.0176. The second kappa shape index (κ2) is 4.08. The van der Waals surface area contributed by atoms with E-state index in [1.807, 2.05) is 7.11 Å². The summed E-state index contributed by atoms with van der Waals surface area (Å²) in [6.07, 6.45) is 4.22. The Balaban J connectivity index is 2.49. The van der Waals surface area contributed by atoms with Crippen molar-refractivity contribution in [3.05, 3.63) is 12.2 Å². The maximum atomic E-state index is 5.44. The summed E-state index contributed by atoms with van der Waals surface area (Å²) in [5.41, 5.74) is 1.32. The predicted octanol–water partition coefficient (Wildman–Crippen LogP) is 3.01. The smallest absolute Gasteiger partial charge is 0.0602 e. The highest BCUT2D eigenvalue weighted by molar-refractivity contribution is 4.99. The molecule has 0 aromatic rings. The second-order valence-electron chi connectivity index (χ2n) is 4.11. The normalized spacial score (nSPS) is 36.4. The van der Waals surface area contributed by atoms with Gasteiger partial charge in [-0.05, 0) is 38.0 Å². The van der Waals surface area contributed by atoms with Gasteiger partial charge in [-0.3, -0.25) is 0 Å². The number of hydrogen-bond acceptors (Lipinski definition) is 1. The highest BCUT2D eigenvalue weighted by Crippen LogP contribution is 2.33. The van der Waals surface area contributed by atoms with Crippen LogP contribution in [0, 0.1) is 11.8 Å². The first-order valence-electron chi connectivity index (χ1n) is 4.83. The third-order valence-electron chi connectivity index (χ3n) is 3.12. The number of hydrogen-bond donors (Lipinski definition) is 0. The van der Waals surface area contributed by atoms with E-state index in [1.54, 1.807) is 0 Å². The number of rotatable bonds is 2. The molecule has 1 fully saturated rings. The van der Waals surface area contributed by atoms with Gasteiger partial charge in [-0.25, -0.2) is 0 Å². The van der Waals surface area contributed by atoms with E-state index < -0.39 is 0 Å². The van der Waals surface area contributed by atoms with Crippen molar-refractivity contribution in [2.45, 2.75) is 39.2 Å². The van der Waals surface area contributed by atoms with E-state index in [2.05, 4.69) is 20.4 Å². The van der Waals surface area contributed by atoms with Gasteiger partial charge in [0, 0.05) is 7.11 Å². The van der Waals surface area contributed by atoms with Gasteiger partial charge in [0.1, 0.15) is 0 Å². The molecule has 0 aliphatic heterocycles. The van der Waals surface area contributed by atoms with Crippen molar-refractivity contribution < 1.29 is 4.74 Å². The average molecular weight is 168 g/mol. The largest absolute Gasteiger partial charge is 0.381 e. The molecule has 1 rings (SSSR count). The molecule has 1 aliphatic rings. The van der Waals surface area contributed by atoms with Gasteiger partial charge >= 0.3 is 0 Å². The molecular formula is C11H20O. The fourth-order valence-electron chi connectivity index (χ4n) is 2.06. The van der Waals surface area contributed by atoms with Crippen LogP contribution >= 0.6 is 0 Å². The zero-order valence-corrected chi connectivity index (χ0v) is 8.47. The van der Waals surface area contributed by atoms with Gasteiger partial charge in [-0.1, -0.05) is 19.1 Å². The summed E-state index contributed by atoms with van der Waals surface area (Å²) in [6.45, 7) is 8.43. The molecular weight excluding hydrogens is 148 g/mol. The molecule has 1 nitrogen and oxygen atoms in total. The Bertz CT molecular complexity index is 162. The molecule has 0 N–H and O–H groups in total. The third-order valence-corrected chi connectivity index (χ3v) is 3.12.